The van der Waals surface area contributed by atoms with E-state index in [4.69, 9.17) is 14.8 Å². The van der Waals surface area contributed by atoms with Gasteiger partial charge in [0.2, 0.25) is 11.8 Å². The van der Waals surface area contributed by atoms with Gasteiger partial charge in [-0.05, 0) is 44.7 Å². The zero-order valence-corrected chi connectivity index (χ0v) is 16.4. The number of ether oxygens (including phenoxy) is 1. The Hall–Kier alpha value is -2.83. The Balaban J connectivity index is 1.50. The Bertz CT molecular complexity index is 891. The summed E-state index contributed by atoms with van der Waals surface area (Å²) < 4.78 is 5.47. The molecule has 0 saturated carbocycles. The van der Waals surface area contributed by atoms with Crippen LogP contribution in [0, 0.1) is 13.8 Å². The summed E-state index contributed by atoms with van der Waals surface area (Å²) in [6, 6.07) is 6.58. The molecule has 0 radical (unpaired) electrons. The number of rotatable bonds is 5. The molecule has 1 aliphatic heterocycles. The fourth-order valence-corrected chi connectivity index (χ4v) is 4.08. The number of hydrogen-bond donors (Lipinski definition) is 1. The zero-order chi connectivity index (χ0) is 19.7. The number of aliphatic carboxylic acids is 1. The molecule has 0 atom stereocenters. The molecule has 0 spiro atoms. The lowest BCUT2D eigenvalue weighted by molar-refractivity contribution is -0.139. The highest BCUT2D eigenvalue weighted by molar-refractivity contribution is 5.68. The van der Waals surface area contributed by atoms with Gasteiger partial charge in [-0.15, -0.1) is 0 Å². The van der Waals surface area contributed by atoms with Gasteiger partial charge >= 0.3 is 5.97 Å². The first kappa shape index (κ1) is 18.5. The smallest absolute Gasteiger partial charge is 0.341 e. The van der Waals surface area contributed by atoms with Gasteiger partial charge in [0.15, 0.2) is 6.61 Å². The van der Waals surface area contributed by atoms with Crippen molar-refractivity contribution in [1.82, 2.24) is 9.97 Å². The first-order valence-corrected chi connectivity index (χ1v) is 9.83. The minimum Gasteiger partial charge on any atom is -0.479 e. The van der Waals surface area contributed by atoms with Gasteiger partial charge < -0.3 is 19.6 Å². The SMILES string of the molecule is Cc1ccc(N2CCN(c3nc4c(c(OCC(=O)O)n3)CCC4)CC2)c(C)c1. The number of aryl methyl sites for hydroxylation is 3. The summed E-state index contributed by atoms with van der Waals surface area (Å²) in [5, 5.41) is 8.93. The van der Waals surface area contributed by atoms with E-state index in [0.29, 0.717) is 11.8 Å². The molecule has 0 amide bonds. The first-order valence-electron chi connectivity index (χ1n) is 9.83. The van der Waals surface area contributed by atoms with Crippen molar-refractivity contribution in [3.05, 3.63) is 40.6 Å². The molecule has 0 unspecified atom stereocenters. The molecule has 148 valence electrons. The molecule has 2 aromatic rings. The standard InChI is InChI=1S/C21H26N4O3/c1-14-6-7-18(15(2)12-14)24-8-10-25(11-9-24)21-22-17-5-3-4-16(17)20(23-21)28-13-19(26)27/h6-7,12H,3-5,8-11,13H2,1-2H3,(H,26,27). The Morgan fingerprint density at radius 3 is 2.57 bits per heavy atom. The Morgan fingerprint density at radius 2 is 1.86 bits per heavy atom. The van der Waals surface area contributed by atoms with Crippen LogP contribution in [-0.4, -0.2) is 53.8 Å². The van der Waals surface area contributed by atoms with Crippen molar-refractivity contribution < 1.29 is 14.6 Å². The van der Waals surface area contributed by atoms with E-state index in [-0.39, 0.29) is 6.61 Å². The van der Waals surface area contributed by atoms with Crippen LogP contribution in [0.3, 0.4) is 0 Å². The van der Waals surface area contributed by atoms with Crippen LogP contribution in [0.2, 0.25) is 0 Å². The second-order valence-electron chi connectivity index (χ2n) is 7.55. The summed E-state index contributed by atoms with van der Waals surface area (Å²) >= 11 is 0. The molecule has 1 aromatic carbocycles. The van der Waals surface area contributed by atoms with Crippen molar-refractivity contribution in [2.24, 2.45) is 0 Å². The van der Waals surface area contributed by atoms with Gasteiger partial charge in [0.05, 0.1) is 5.69 Å². The van der Waals surface area contributed by atoms with E-state index in [0.717, 1.165) is 56.7 Å². The van der Waals surface area contributed by atoms with E-state index in [1.54, 1.807) is 0 Å². The van der Waals surface area contributed by atoms with Gasteiger partial charge in [0, 0.05) is 37.4 Å². The lowest BCUT2D eigenvalue weighted by Crippen LogP contribution is -2.47. The van der Waals surface area contributed by atoms with Crippen LogP contribution in [0.4, 0.5) is 11.6 Å². The minimum atomic E-state index is -0.992. The number of carboxylic acids is 1. The molecule has 7 nitrogen and oxygen atoms in total. The maximum Gasteiger partial charge on any atom is 0.341 e. The van der Waals surface area contributed by atoms with Crippen LogP contribution < -0.4 is 14.5 Å². The number of aromatic nitrogens is 2. The number of carboxylic acid groups (broad SMARTS) is 1. The average molecular weight is 382 g/mol. The monoisotopic (exact) mass is 382 g/mol. The lowest BCUT2D eigenvalue weighted by Gasteiger charge is -2.37. The van der Waals surface area contributed by atoms with Crippen LogP contribution in [0.15, 0.2) is 18.2 Å². The van der Waals surface area contributed by atoms with Gasteiger partial charge in [-0.1, -0.05) is 17.7 Å². The van der Waals surface area contributed by atoms with E-state index >= 15 is 0 Å². The summed E-state index contributed by atoms with van der Waals surface area (Å²) in [7, 11) is 0. The van der Waals surface area contributed by atoms with Crippen molar-refractivity contribution in [2.75, 3.05) is 42.6 Å². The fraction of sp³-hybridized carbons (Fsp3) is 0.476. The summed E-state index contributed by atoms with van der Waals surface area (Å²) in [5.74, 6) is 0.104. The van der Waals surface area contributed by atoms with Gasteiger partial charge in [0.1, 0.15) is 0 Å². The zero-order valence-electron chi connectivity index (χ0n) is 16.4. The summed E-state index contributed by atoms with van der Waals surface area (Å²) in [5.41, 5.74) is 5.83. The van der Waals surface area contributed by atoms with Gasteiger partial charge in [-0.2, -0.15) is 4.98 Å². The Morgan fingerprint density at radius 1 is 1.11 bits per heavy atom. The second-order valence-corrected chi connectivity index (χ2v) is 7.55. The van der Waals surface area contributed by atoms with Crippen LogP contribution >= 0.6 is 0 Å². The van der Waals surface area contributed by atoms with E-state index in [1.807, 2.05) is 0 Å². The van der Waals surface area contributed by atoms with E-state index in [1.165, 1.54) is 16.8 Å². The van der Waals surface area contributed by atoms with E-state index < -0.39 is 5.97 Å². The Kier molecular flexibility index (Phi) is 5.07. The second kappa shape index (κ2) is 7.66. The van der Waals surface area contributed by atoms with Crippen LogP contribution in [-0.2, 0) is 17.6 Å². The summed E-state index contributed by atoms with van der Waals surface area (Å²) in [4.78, 5) is 24.8. The van der Waals surface area contributed by atoms with Crippen molar-refractivity contribution in [3.63, 3.8) is 0 Å². The van der Waals surface area contributed by atoms with Gasteiger partial charge in [0.25, 0.3) is 0 Å². The molecule has 1 aromatic heterocycles. The highest BCUT2D eigenvalue weighted by Crippen LogP contribution is 2.31. The molecule has 7 heteroatoms. The number of nitrogens with zero attached hydrogens (tertiary/aromatic N) is 4. The predicted octanol–water partition coefficient (Wildman–Crippen LogP) is 2.37. The maximum absolute atomic E-state index is 10.9. The molecule has 1 N–H and O–H groups in total. The molecule has 0 bridgehead atoms. The number of anilines is 2. The highest BCUT2D eigenvalue weighted by atomic mass is 16.5. The molecular formula is C21H26N4O3. The van der Waals surface area contributed by atoms with Crippen molar-refractivity contribution in [1.29, 1.82) is 0 Å². The minimum absolute atomic E-state index is 0.372. The third-order valence-corrected chi connectivity index (χ3v) is 5.47. The molecule has 1 saturated heterocycles. The topological polar surface area (TPSA) is 78.8 Å². The van der Waals surface area contributed by atoms with E-state index in [2.05, 4.69) is 46.8 Å². The van der Waals surface area contributed by atoms with Gasteiger partial charge in [-0.3, -0.25) is 0 Å². The molecule has 2 heterocycles. The summed E-state index contributed by atoms with van der Waals surface area (Å²) in [6.45, 7) is 7.35. The fourth-order valence-electron chi connectivity index (χ4n) is 4.08. The van der Waals surface area contributed by atoms with E-state index in [9.17, 15) is 4.79 Å². The maximum atomic E-state index is 10.9. The number of hydrogen-bond acceptors (Lipinski definition) is 6. The van der Waals surface area contributed by atoms with Crippen LogP contribution in [0.5, 0.6) is 5.88 Å². The highest BCUT2D eigenvalue weighted by Gasteiger charge is 2.25. The molecule has 2 aliphatic rings. The van der Waals surface area contributed by atoms with Crippen LogP contribution in [0.1, 0.15) is 28.8 Å². The van der Waals surface area contributed by atoms with Crippen LogP contribution in [0.25, 0.3) is 0 Å². The van der Waals surface area contributed by atoms with Crippen molar-refractivity contribution >= 4 is 17.6 Å². The molecule has 1 aliphatic carbocycles. The largest absolute Gasteiger partial charge is 0.479 e. The summed E-state index contributed by atoms with van der Waals surface area (Å²) in [6.07, 6.45) is 2.76. The lowest BCUT2D eigenvalue weighted by atomic mass is 10.1. The van der Waals surface area contributed by atoms with Crippen molar-refractivity contribution in [3.8, 4) is 5.88 Å². The van der Waals surface area contributed by atoms with Crippen molar-refractivity contribution in [2.45, 2.75) is 33.1 Å². The van der Waals surface area contributed by atoms with Gasteiger partial charge in [-0.25, -0.2) is 9.78 Å². The number of carbonyl (C=O) groups is 1. The third kappa shape index (κ3) is 3.74. The number of fused-ring (bicyclic) bond motifs is 1. The average Bonchev–Trinajstić information content (AvgIpc) is 3.15. The Labute approximate surface area is 165 Å². The normalized spacial score (nSPS) is 16.2. The third-order valence-electron chi connectivity index (χ3n) is 5.47. The predicted molar refractivity (Wildman–Crippen MR) is 108 cm³/mol. The number of benzene rings is 1. The molecule has 1 fully saturated rings. The first-order chi connectivity index (χ1) is 13.5. The molecular weight excluding hydrogens is 356 g/mol. The number of piperazine rings is 1. The molecule has 28 heavy (non-hydrogen) atoms. The quantitative estimate of drug-likeness (QED) is 0.850. The molecule has 4 rings (SSSR count).